The summed E-state index contributed by atoms with van der Waals surface area (Å²) < 4.78 is 39.7. The summed E-state index contributed by atoms with van der Waals surface area (Å²) in [6, 6.07) is 6.54. The van der Waals surface area contributed by atoms with E-state index in [0.717, 1.165) is 12.1 Å². The van der Waals surface area contributed by atoms with E-state index in [9.17, 15) is 18.0 Å². The summed E-state index contributed by atoms with van der Waals surface area (Å²) >= 11 is 0. The molecule has 0 fully saturated rings. The Bertz CT molecular complexity index is 1040. The molecule has 0 aliphatic heterocycles. The summed E-state index contributed by atoms with van der Waals surface area (Å²) in [5.41, 5.74) is 0.801. The van der Waals surface area contributed by atoms with Gasteiger partial charge in [0, 0.05) is 18.8 Å². The maximum Gasteiger partial charge on any atom is 0.416 e. The van der Waals surface area contributed by atoms with Gasteiger partial charge in [0.15, 0.2) is 11.5 Å². The Labute approximate surface area is 166 Å². The van der Waals surface area contributed by atoms with Crippen molar-refractivity contribution in [3.63, 3.8) is 0 Å². The lowest BCUT2D eigenvalue weighted by molar-refractivity contribution is -0.137. The van der Waals surface area contributed by atoms with Crippen molar-refractivity contribution in [1.82, 2.24) is 14.6 Å². The van der Waals surface area contributed by atoms with Crippen molar-refractivity contribution in [3.05, 3.63) is 59.4 Å². The van der Waals surface area contributed by atoms with Crippen LogP contribution in [0.15, 0.2) is 42.7 Å². The van der Waals surface area contributed by atoms with Gasteiger partial charge in [-0.15, -0.1) is 5.10 Å². The maximum atomic E-state index is 12.7. The molecule has 0 saturated heterocycles. The highest BCUT2D eigenvalue weighted by Gasteiger charge is 2.29. The first kappa shape index (κ1) is 20.6. The largest absolute Gasteiger partial charge is 0.416 e. The quantitative estimate of drug-likeness (QED) is 0.645. The van der Waals surface area contributed by atoms with Crippen molar-refractivity contribution in [2.75, 3.05) is 5.32 Å². The molecule has 3 rings (SSSR count). The Balaban J connectivity index is 1.91. The van der Waals surface area contributed by atoms with E-state index in [4.69, 9.17) is 0 Å². The molecule has 0 radical (unpaired) electrons. The summed E-state index contributed by atoms with van der Waals surface area (Å²) in [5, 5.41) is 7.17. The van der Waals surface area contributed by atoms with Crippen LogP contribution in [0.1, 0.15) is 43.9 Å². The van der Waals surface area contributed by atoms with Crippen molar-refractivity contribution in [2.24, 2.45) is 5.41 Å². The molecular formula is C21H21F3N4O. The van der Waals surface area contributed by atoms with E-state index in [0.29, 0.717) is 29.0 Å². The Morgan fingerprint density at radius 3 is 2.45 bits per heavy atom. The number of alkyl halides is 3. The number of rotatable bonds is 4. The highest BCUT2D eigenvalue weighted by Crippen LogP contribution is 2.29. The number of nitrogens with zero attached hydrogens (tertiary/aromatic N) is 3. The maximum absolute atomic E-state index is 12.7. The first-order valence-electron chi connectivity index (χ1n) is 9.01. The fourth-order valence-electron chi connectivity index (χ4n) is 2.77. The molecule has 8 heteroatoms. The molecule has 1 N–H and O–H groups in total. The van der Waals surface area contributed by atoms with Crippen LogP contribution >= 0.6 is 0 Å². The van der Waals surface area contributed by atoms with Gasteiger partial charge in [-0.05, 0) is 35.3 Å². The second-order valence-corrected chi connectivity index (χ2v) is 7.89. The molecule has 0 unspecified atom stereocenters. The van der Waals surface area contributed by atoms with Crippen molar-refractivity contribution >= 4 is 29.5 Å². The third-order valence-corrected chi connectivity index (χ3v) is 4.06. The molecule has 1 amide bonds. The predicted molar refractivity (Wildman–Crippen MR) is 106 cm³/mol. The summed E-state index contributed by atoms with van der Waals surface area (Å²) in [6.45, 7) is 5.88. The molecule has 0 saturated carbocycles. The molecule has 0 aliphatic carbocycles. The summed E-state index contributed by atoms with van der Waals surface area (Å²) in [5.74, 6) is 0.172. The van der Waals surface area contributed by atoms with Crippen LogP contribution in [0, 0.1) is 5.41 Å². The average Bonchev–Trinajstić information content (AvgIpc) is 2.94. The molecule has 152 valence electrons. The molecule has 29 heavy (non-hydrogen) atoms. The minimum atomic E-state index is -4.38. The minimum Gasteiger partial charge on any atom is -0.309 e. The van der Waals surface area contributed by atoms with Gasteiger partial charge in [0.1, 0.15) is 0 Å². The van der Waals surface area contributed by atoms with E-state index in [-0.39, 0.29) is 11.3 Å². The van der Waals surface area contributed by atoms with Gasteiger partial charge >= 0.3 is 6.18 Å². The van der Waals surface area contributed by atoms with Crippen LogP contribution in [0.25, 0.3) is 17.8 Å². The van der Waals surface area contributed by atoms with Gasteiger partial charge in [-0.1, -0.05) is 39.0 Å². The van der Waals surface area contributed by atoms with Crippen LogP contribution in [-0.2, 0) is 11.0 Å². The van der Waals surface area contributed by atoms with E-state index >= 15 is 0 Å². The Kier molecular flexibility index (Phi) is 5.46. The molecule has 0 spiro atoms. The summed E-state index contributed by atoms with van der Waals surface area (Å²) in [6.07, 6.45) is 2.59. The zero-order chi connectivity index (χ0) is 21.2. The number of anilines is 1. The number of benzene rings is 1. The van der Waals surface area contributed by atoms with Gasteiger partial charge in [0.25, 0.3) is 0 Å². The number of nitrogens with one attached hydrogen (secondary N) is 1. The number of halogens is 3. The summed E-state index contributed by atoms with van der Waals surface area (Å²) in [4.78, 5) is 16.6. The molecule has 1 aromatic carbocycles. The second-order valence-electron chi connectivity index (χ2n) is 7.89. The van der Waals surface area contributed by atoms with Gasteiger partial charge < -0.3 is 5.32 Å². The van der Waals surface area contributed by atoms with E-state index in [2.05, 4.69) is 15.4 Å². The van der Waals surface area contributed by atoms with Crippen LogP contribution in [0.2, 0.25) is 0 Å². The molecular weight excluding hydrogens is 381 g/mol. The molecule has 3 aromatic rings. The van der Waals surface area contributed by atoms with E-state index in [1.54, 1.807) is 35.1 Å². The zero-order valence-electron chi connectivity index (χ0n) is 16.3. The fourth-order valence-corrected chi connectivity index (χ4v) is 2.77. The second kappa shape index (κ2) is 7.69. The first-order chi connectivity index (χ1) is 13.5. The highest BCUT2D eigenvalue weighted by molar-refractivity contribution is 5.95. The first-order valence-corrected chi connectivity index (χ1v) is 9.01. The summed E-state index contributed by atoms with van der Waals surface area (Å²) in [7, 11) is 0. The van der Waals surface area contributed by atoms with Crippen LogP contribution in [0.3, 0.4) is 0 Å². The predicted octanol–water partition coefficient (Wildman–Crippen LogP) is 5.29. The molecule has 2 heterocycles. The lowest BCUT2D eigenvalue weighted by Gasteiger charge is -2.16. The number of carbonyl (C=O) groups is 1. The number of aromatic nitrogens is 3. The zero-order valence-corrected chi connectivity index (χ0v) is 16.3. The van der Waals surface area contributed by atoms with Crippen LogP contribution < -0.4 is 5.32 Å². The van der Waals surface area contributed by atoms with Crippen molar-refractivity contribution in [1.29, 1.82) is 0 Å². The SMILES string of the molecule is CC(C)(C)CC(=O)Nc1nn2cccnc2c1C=Cc1ccc(C(F)(F)F)cc1. The van der Waals surface area contributed by atoms with E-state index < -0.39 is 11.7 Å². The van der Waals surface area contributed by atoms with E-state index in [1.165, 1.54) is 12.1 Å². The monoisotopic (exact) mass is 402 g/mol. The van der Waals surface area contributed by atoms with Gasteiger partial charge in [0.05, 0.1) is 11.1 Å². The van der Waals surface area contributed by atoms with Gasteiger partial charge in [-0.3, -0.25) is 4.79 Å². The third kappa shape index (κ3) is 5.22. The Morgan fingerprint density at radius 1 is 1.14 bits per heavy atom. The van der Waals surface area contributed by atoms with Crippen LogP contribution in [0.5, 0.6) is 0 Å². The van der Waals surface area contributed by atoms with Crippen molar-refractivity contribution in [2.45, 2.75) is 33.4 Å². The number of hydrogen-bond donors (Lipinski definition) is 1. The molecule has 2 aromatic heterocycles. The molecule has 0 atom stereocenters. The average molecular weight is 402 g/mol. The standard InChI is InChI=1S/C21H21F3N4O/c1-20(2,3)13-17(29)26-18-16(19-25-11-4-12-28(19)27-18)10-7-14-5-8-15(9-6-14)21(22,23)24/h4-12H,13H2,1-3H3,(H,26,27,29). The number of fused-ring (bicyclic) bond motifs is 1. The lowest BCUT2D eigenvalue weighted by Crippen LogP contribution is -2.20. The van der Waals surface area contributed by atoms with Crippen LogP contribution in [0.4, 0.5) is 19.0 Å². The number of carbonyl (C=O) groups excluding carboxylic acids is 1. The number of amides is 1. The molecule has 0 aliphatic rings. The molecule has 0 bridgehead atoms. The topological polar surface area (TPSA) is 59.3 Å². The third-order valence-electron chi connectivity index (χ3n) is 4.06. The van der Waals surface area contributed by atoms with Crippen molar-refractivity contribution in [3.8, 4) is 0 Å². The smallest absolute Gasteiger partial charge is 0.309 e. The highest BCUT2D eigenvalue weighted by atomic mass is 19.4. The normalized spacial score (nSPS) is 12.6. The minimum absolute atomic E-state index is 0.176. The Morgan fingerprint density at radius 2 is 1.83 bits per heavy atom. The van der Waals surface area contributed by atoms with Gasteiger partial charge in [-0.25, -0.2) is 9.50 Å². The van der Waals surface area contributed by atoms with Gasteiger partial charge in [0.2, 0.25) is 5.91 Å². The fraction of sp³-hybridized carbons (Fsp3) is 0.286. The van der Waals surface area contributed by atoms with Gasteiger partial charge in [-0.2, -0.15) is 13.2 Å². The van der Waals surface area contributed by atoms with Crippen molar-refractivity contribution < 1.29 is 18.0 Å². The van der Waals surface area contributed by atoms with E-state index in [1.807, 2.05) is 20.8 Å². The Hall–Kier alpha value is -3.16. The molecule has 5 nitrogen and oxygen atoms in total. The lowest BCUT2D eigenvalue weighted by atomic mass is 9.92. The number of hydrogen-bond acceptors (Lipinski definition) is 3. The van der Waals surface area contributed by atoms with Crippen LogP contribution in [-0.4, -0.2) is 20.5 Å².